The number of hydrogen-bond donors (Lipinski definition) is 2. The molecule has 0 radical (unpaired) electrons. The molecule has 0 saturated carbocycles. The highest BCUT2D eigenvalue weighted by Crippen LogP contribution is 2.38. The first-order valence-corrected chi connectivity index (χ1v) is 11.2. The molecule has 2 heterocycles. The van der Waals surface area contributed by atoms with Gasteiger partial charge in [-0.3, -0.25) is 0 Å². The molecule has 2 aliphatic rings. The Morgan fingerprint density at radius 1 is 0.867 bits per heavy atom. The second-order valence-corrected chi connectivity index (χ2v) is 8.98. The Labute approximate surface area is 181 Å². The lowest BCUT2D eigenvalue weighted by Crippen LogP contribution is -2.58. The van der Waals surface area contributed by atoms with Crippen LogP contribution in [0.25, 0.3) is 11.1 Å². The lowest BCUT2D eigenvalue weighted by molar-refractivity contribution is -0.123. The zero-order chi connectivity index (χ0) is 20.3. The first-order chi connectivity index (χ1) is 14.8. The lowest BCUT2D eigenvalue weighted by atomic mass is 9.99. The minimum Gasteiger partial charge on any atom is -0.390 e. The van der Waals surface area contributed by atoms with Crippen LogP contribution in [-0.2, 0) is 16.0 Å². The summed E-state index contributed by atoms with van der Waals surface area (Å²) in [6.07, 6.45) is -1.04. The van der Waals surface area contributed by atoms with Crippen molar-refractivity contribution in [1.82, 2.24) is 5.32 Å². The fraction of sp³-hybridized carbons (Fsp3) is 0.280. The van der Waals surface area contributed by atoms with Crippen LogP contribution < -0.4 is 5.32 Å². The van der Waals surface area contributed by atoms with Gasteiger partial charge in [-0.05, 0) is 28.8 Å². The average molecular weight is 420 g/mol. The van der Waals surface area contributed by atoms with E-state index in [-0.39, 0.29) is 23.7 Å². The van der Waals surface area contributed by atoms with Gasteiger partial charge in [-0.15, -0.1) is 11.8 Å². The molecule has 2 bridgehead atoms. The van der Waals surface area contributed by atoms with Gasteiger partial charge in [-0.25, -0.2) is 0 Å². The Balaban J connectivity index is 1.25. The molecule has 4 nitrogen and oxygen atoms in total. The zero-order valence-electron chi connectivity index (χ0n) is 16.6. The molecule has 30 heavy (non-hydrogen) atoms. The summed E-state index contributed by atoms with van der Waals surface area (Å²) in [5.74, 6) is 0. The van der Waals surface area contributed by atoms with Crippen LogP contribution in [0.5, 0.6) is 0 Å². The molecule has 3 aromatic carbocycles. The van der Waals surface area contributed by atoms with Crippen molar-refractivity contribution in [2.24, 2.45) is 0 Å². The Hall–Kier alpha value is -2.15. The van der Waals surface area contributed by atoms with E-state index in [0.717, 1.165) is 4.90 Å². The summed E-state index contributed by atoms with van der Waals surface area (Å²) >= 11 is 1.62. The van der Waals surface area contributed by atoms with Crippen molar-refractivity contribution in [2.45, 2.75) is 41.2 Å². The Bertz CT molecular complexity index is 951. The van der Waals surface area contributed by atoms with Gasteiger partial charge in [-0.2, -0.15) is 0 Å². The summed E-state index contributed by atoms with van der Waals surface area (Å²) in [5.41, 5.74) is 3.59. The van der Waals surface area contributed by atoms with Gasteiger partial charge in [-0.1, -0.05) is 72.8 Å². The minimum atomic E-state index is -0.551. The van der Waals surface area contributed by atoms with E-state index in [1.165, 1.54) is 16.7 Å². The number of rotatable bonds is 6. The molecule has 2 N–H and O–H groups in total. The van der Waals surface area contributed by atoms with E-state index in [4.69, 9.17) is 9.47 Å². The summed E-state index contributed by atoms with van der Waals surface area (Å²) in [6, 6.07) is 28.9. The molecular formula is C25H25NO3S. The molecule has 2 aliphatic heterocycles. The van der Waals surface area contributed by atoms with Gasteiger partial charge >= 0.3 is 0 Å². The third-order valence-electron chi connectivity index (χ3n) is 5.73. The predicted octanol–water partition coefficient (Wildman–Crippen LogP) is 4.09. The van der Waals surface area contributed by atoms with Crippen LogP contribution in [0.1, 0.15) is 5.56 Å². The first kappa shape index (κ1) is 19.8. The molecule has 0 aromatic heterocycles. The van der Waals surface area contributed by atoms with Gasteiger partial charge in [0.15, 0.2) is 6.29 Å². The standard InChI is InChI=1S/C25H25NO3S/c27-23-22(21-16-28-25(29-21)24(23)30-20-9-5-2-6-10-20)26-15-17-11-13-19(14-12-17)18-7-3-1-4-8-18/h1-14,21-27H,15-16H2/t21-,22-,23+,24-,25-/m1/s1. The SMILES string of the molecule is O[C@H]1[C@H](NCc2ccc(-c3ccccc3)cc2)[C@H]2CO[C@H](O2)[C@@H]1Sc1ccccc1. The number of nitrogens with one attached hydrogen (secondary N) is 1. The van der Waals surface area contributed by atoms with Crippen LogP contribution in [0.15, 0.2) is 89.8 Å². The predicted molar refractivity (Wildman–Crippen MR) is 119 cm³/mol. The van der Waals surface area contributed by atoms with E-state index < -0.39 is 6.10 Å². The third-order valence-corrected chi connectivity index (χ3v) is 7.04. The average Bonchev–Trinajstić information content (AvgIpc) is 3.24. The van der Waals surface area contributed by atoms with Gasteiger partial charge < -0.3 is 19.9 Å². The maximum absolute atomic E-state index is 11.1. The van der Waals surface area contributed by atoms with Crippen molar-refractivity contribution in [1.29, 1.82) is 0 Å². The maximum atomic E-state index is 11.1. The van der Waals surface area contributed by atoms with Crippen LogP contribution in [0.4, 0.5) is 0 Å². The van der Waals surface area contributed by atoms with Gasteiger partial charge in [0, 0.05) is 11.4 Å². The third kappa shape index (κ3) is 4.17. The summed E-state index contributed by atoms with van der Waals surface area (Å²) in [4.78, 5) is 1.11. The molecule has 3 aromatic rings. The molecule has 5 rings (SSSR count). The van der Waals surface area contributed by atoms with Crippen LogP contribution in [0, 0.1) is 0 Å². The fourth-order valence-electron chi connectivity index (χ4n) is 4.10. The fourth-order valence-corrected chi connectivity index (χ4v) is 5.29. The highest BCUT2D eigenvalue weighted by molar-refractivity contribution is 8.00. The van der Waals surface area contributed by atoms with Crippen molar-refractivity contribution < 1.29 is 14.6 Å². The van der Waals surface area contributed by atoms with Crippen molar-refractivity contribution >= 4 is 11.8 Å². The molecule has 0 spiro atoms. The maximum Gasteiger partial charge on any atom is 0.172 e. The minimum absolute atomic E-state index is 0.124. The van der Waals surface area contributed by atoms with Crippen LogP contribution in [-0.4, -0.2) is 41.5 Å². The number of hydrogen-bond acceptors (Lipinski definition) is 5. The Kier molecular flexibility index (Phi) is 5.88. The molecule has 5 heteroatoms. The molecule has 0 unspecified atom stereocenters. The number of fused-ring (bicyclic) bond motifs is 2. The molecule has 2 fully saturated rings. The quantitative estimate of drug-likeness (QED) is 0.630. The van der Waals surface area contributed by atoms with Gasteiger partial charge in [0.2, 0.25) is 0 Å². The van der Waals surface area contributed by atoms with Crippen LogP contribution in [0.3, 0.4) is 0 Å². The molecule has 154 valence electrons. The second kappa shape index (κ2) is 8.92. The van der Waals surface area contributed by atoms with E-state index in [0.29, 0.717) is 13.2 Å². The number of thioether (sulfide) groups is 1. The molecule has 0 aliphatic carbocycles. The van der Waals surface area contributed by atoms with Crippen LogP contribution in [0.2, 0.25) is 0 Å². The molecule has 5 atom stereocenters. The van der Waals surface area contributed by atoms with Crippen LogP contribution >= 0.6 is 11.8 Å². The van der Waals surface area contributed by atoms with E-state index >= 15 is 0 Å². The van der Waals surface area contributed by atoms with Crippen molar-refractivity contribution in [3.8, 4) is 11.1 Å². The molecular weight excluding hydrogens is 394 g/mol. The van der Waals surface area contributed by atoms with Gasteiger partial charge in [0.05, 0.1) is 24.0 Å². The lowest BCUT2D eigenvalue weighted by Gasteiger charge is -2.38. The van der Waals surface area contributed by atoms with E-state index in [1.807, 2.05) is 24.3 Å². The summed E-state index contributed by atoms with van der Waals surface area (Å²) in [6.45, 7) is 1.18. The number of ether oxygens (including phenoxy) is 2. The van der Waals surface area contributed by atoms with Gasteiger partial charge in [0.25, 0.3) is 0 Å². The molecule has 0 amide bonds. The van der Waals surface area contributed by atoms with Crippen molar-refractivity contribution in [2.75, 3.05) is 6.61 Å². The van der Waals surface area contributed by atoms with E-state index in [1.54, 1.807) is 11.8 Å². The first-order valence-electron chi connectivity index (χ1n) is 10.3. The normalized spacial score (nSPS) is 27.8. The van der Waals surface area contributed by atoms with Crippen molar-refractivity contribution in [3.63, 3.8) is 0 Å². The Morgan fingerprint density at radius 2 is 1.53 bits per heavy atom. The number of aliphatic hydroxyl groups excluding tert-OH is 1. The second-order valence-electron chi connectivity index (χ2n) is 7.73. The molecule has 2 saturated heterocycles. The summed E-state index contributed by atoms with van der Waals surface area (Å²) in [5, 5.41) is 14.5. The highest BCUT2D eigenvalue weighted by atomic mass is 32.2. The van der Waals surface area contributed by atoms with E-state index in [9.17, 15) is 5.11 Å². The number of benzene rings is 3. The van der Waals surface area contributed by atoms with E-state index in [2.05, 4.69) is 66.0 Å². The Morgan fingerprint density at radius 3 is 2.27 bits per heavy atom. The monoisotopic (exact) mass is 419 g/mol. The van der Waals surface area contributed by atoms with Crippen molar-refractivity contribution in [3.05, 3.63) is 90.5 Å². The summed E-state index contributed by atoms with van der Waals surface area (Å²) in [7, 11) is 0. The smallest absolute Gasteiger partial charge is 0.172 e. The highest BCUT2D eigenvalue weighted by Gasteiger charge is 2.50. The topological polar surface area (TPSA) is 50.7 Å². The zero-order valence-corrected chi connectivity index (χ0v) is 17.4. The summed E-state index contributed by atoms with van der Waals surface area (Å²) < 4.78 is 11.9. The number of aliphatic hydroxyl groups is 1. The largest absolute Gasteiger partial charge is 0.390 e. The van der Waals surface area contributed by atoms with Gasteiger partial charge in [0.1, 0.15) is 6.10 Å².